The second-order valence-electron chi connectivity index (χ2n) is 6.80. The third-order valence-corrected chi connectivity index (χ3v) is 4.91. The molecule has 0 radical (unpaired) electrons. The Kier molecular flexibility index (Phi) is 6.37. The predicted molar refractivity (Wildman–Crippen MR) is 120 cm³/mol. The Morgan fingerprint density at radius 1 is 0.867 bits per heavy atom. The summed E-state index contributed by atoms with van der Waals surface area (Å²) in [5, 5.41) is 19.1. The molecule has 6 nitrogen and oxygen atoms in total. The Labute approximate surface area is 180 Å². The van der Waals surface area contributed by atoms with Gasteiger partial charge in [-0.2, -0.15) is 10.2 Å². The predicted octanol–water partition coefficient (Wildman–Crippen LogP) is 6.05. The van der Waals surface area contributed by atoms with Crippen LogP contribution in [0.3, 0.4) is 0 Å². The van der Waals surface area contributed by atoms with Crippen LogP contribution in [-0.4, -0.2) is 37.6 Å². The maximum Gasteiger partial charge on any atom is 0.124 e. The second kappa shape index (κ2) is 9.52. The van der Waals surface area contributed by atoms with E-state index < -0.39 is 0 Å². The van der Waals surface area contributed by atoms with Gasteiger partial charge in [0.05, 0.1) is 30.3 Å². The monoisotopic (exact) mass is 420 g/mol. The molecule has 1 saturated heterocycles. The van der Waals surface area contributed by atoms with Crippen molar-refractivity contribution in [1.29, 1.82) is 0 Å². The van der Waals surface area contributed by atoms with Crippen molar-refractivity contribution in [3.05, 3.63) is 77.3 Å². The van der Waals surface area contributed by atoms with Gasteiger partial charge < -0.3 is 14.7 Å². The Balaban J connectivity index is 1.47. The molecule has 152 valence electrons. The lowest BCUT2D eigenvalue weighted by atomic mass is 10.2. The Morgan fingerprint density at radius 3 is 2.30 bits per heavy atom. The second-order valence-corrected chi connectivity index (χ2v) is 7.23. The van der Waals surface area contributed by atoms with Gasteiger partial charge in [-0.05, 0) is 60.7 Å². The largest absolute Gasteiger partial charge is 0.507 e. The number of anilines is 1. The molecule has 0 bridgehead atoms. The zero-order valence-electron chi connectivity index (χ0n) is 16.3. The number of morpholine rings is 1. The number of azo groups is 1. The van der Waals surface area contributed by atoms with E-state index in [0.29, 0.717) is 22.0 Å². The van der Waals surface area contributed by atoms with E-state index in [1.165, 1.54) is 0 Å². The summed E-state index contributed by atoms with van der Waals surface area (Å²) in [5.41, 5.74) is 3.79. The highest BCUT2D eigenvalue weighted by Crippen LogP contribution is 2.26. The first-order valence-corrected chi connectivity index (χ1v) is 10.0. The summed E-state index contributed by atoms with van der Waals surface area (Å²) in [6.45, 7) is 3.30. The van der Waals surface area contributed by atoms with E-state index in [9.17, 15) is 5.11 Å². The molecule has 1 fully saturated rings. The van der Waals surface area contributed by atoms with Crippen LogP contribution in [-0.2, 0) is 4.74 Å². The molecule has 0 amide bonds. The van der Waals surface area contributed by atoms with Crippen molar-refractivity contribution in [1.82, 2.24) is 0 Å². The van der Waals surface area contributed by atoms with Gasteiger partial charge in [-0.1, -0.05) is 17.7 Å². The van der Waals surface area contributed by atoms with E-state index in [1.54, 1.807) is 36.5 Å². The van der Waals surface area contributed by atoms with E-state index in [2.05, 4.69) is 20.1 Å². The van der Waals surface area contributed by atoms with E-state index in [0.717, 1.165) is 37.7 Å². The summed E-state index contributed by atoms with van der Waals surface area (Å²) < 4.78 is 5.39. The van der Waals surface area contributed by atoms with Gasteiger partial charge in [0.2, 0.25) is 0 Å². The summed E-state index contributed by atoms with van der Waals surface area (Å²) in [6.07, 6.45) is 1.62. The van der Waals surface area contributed by atoms with E-state index in [1.807, 2.05) is 36.4 Å². The molecule has 1 aliphatic rings. The zero-order chi connectivity index (χ0) is 20.8. The maximum absolute atomic E-state index is 10.1. The van der Waals surface area contributed by atoms with Crippen LogP contribution < -0.4 is 4.90 Å². The number of ether oxygens (including phenoxy) is 1. The quantitative estimate of drug-likeness (QED) is 0.403. The van der Waals surface area contributed by atoms with Gasteiger partial charge in [0.1, 0.15) is 5.75 Å². The van der Waals surface area contributed by atoms with Crippen molar-refractivity contribution in [2.45, 2.75) is 0 Å². The molecule has 3 aromatic rings. The van der Waals surface area contributed by atoms with Crippen LogP contribution in [0.5, 0.6) is 5.75 Å². The Hall–Kier alpha value is -3.22. The van der Waals surface area contributed by atoms with Crippen molar-refractivity contribution in [2.75, 3.05) is 31.2 Å². The number of aromatic hydroxyl groups is 1. The molecule has 4 rings (SSSR count). The number of aliphatic imine (C=N–C) groups is 1. The lowest BCUT2D eigenvalue weighted by molar-refractivity contribution is 0.122. The van der Waals surface area contributed by atoms with E-state index in [-0.39, 0.29) is 5.75 Å². The number of phenols is 1. The molecular formula is C23H21ClN4O2. The lowest BCUT2D eigenvalue weighted by Gasteiger charge is -2.28. The molecule has 0 unspecified atom stereocenters. The minimum absolute atomic E-state index is 0.130. The number of benzene rings is 3. The molecule has 30 heavy (non-hydrogen) atoms. The minimum atomic E-state index is 0.130. The highest BCUT2D eigenvalue weighted by molar-refractivity contribution is 6.30. The average Bonchev–Trinajstić information content (AvgIpc) is 2.79. The lowest BCUT2D eigenvalue weighted by Crippen LogP contribution is -2.36. The summed E-state index contributed by atoms with van der Waals surface area (Å²) in [5.74, 6) is 0.130. The van der Waals surface area contributed by atoms with Crippen molar-refractivity contribution >= 4 is 40.6 Å². The standard InChI is InChI=1S/C23H21ClN4O2/c24-18-2-1-3-20(15-18)26-27-21-6-9-23(29)17(14-21)16-25-19-4-7-22(8-5-19)28-10-12-30-13-11-28/h1-9,14-16,29H,10-13H2. The first-order valence-electron chi connectivity index (χ1n) is 9.64. The molecule has 7 heteroatoms. The topological polar surface area (TPSA) is 69.8 Å². The normalized spacial score (nSPS) is 14.6. The number of hydrogen-bond donors (Lipinski definition) is 1. The van der Waals surface area contributed by atoms with Crippen molar-refractivity contribution in [3.63, 3.8) is 0 Å². The Morgan fingerprint density at radius 2 is 1.57 bits per heavy atom. The average molecular weight is 421 g/mol. The first kappa shape index (κ1) is 20.1. The van der Waals surface area contributed by atoms with Crippen LogP contribution in [0.4, 0.5) is 22.7 Å². The fraction of sp³-hybridized carbons (Fsp3) is 0.174. The van der Waals surface area contributed by atoms with Crippen LogP contribution in [0, 0.1) is 0 Å². The van der Waals surface area contributed by atoms with E-state index in [4.69, 9.17) is 16.3 Å². The number of nitrogens with zero attached hydrogens (tertiary/aromatic N) is 4. The van der Waals surface area contributed by atoms with Gasteiger partial charge in [-0.3, -0.25) is 4.99 Å². The number of rotatable bonds is 5. The molecule has 0 saturated carbocycles. The number of hydrogen-bond acceptors (Lipinski definition) is 6. The summed E-state index contributed by atoms with van der Waals surface area (Å²) >= 11 is 5.97. The highest BCUT2D eigenvalue weighted by atomic mass is 35.5. The third-order valence-electron chi connectivity index (χ3n) is 4.68. The van der Waals surface area contributed by atoms with Crippen molar-refractivity contribution in [3.8, 4) is 5.75 Å². The summed E-state index contributed by atoms with van der Waals surface area (Å²) in [6, 6.07) is 20.2. The molecule has 1 N–H and O–H groups in total. The van der Waals surface area contributed by atoms with Crippen LogP contribution in [0.25, 0.3) is 0 Å². The molecule has 0 aliphatic carbocycles. The molecule has 1 heterocycles. The van der Waals surface area contributed by atoms with Crippen molar-refractivity contribution in [2.24, 2.45) is 15.2 Å². The van der Waals surface area contributed by atoms with Gasteiger partial charge in [-0.15, -0.1) is 0 Å². The maximum atomic E-state index is 10.1. The molecule has 0 spiro atoms. The van der Waals surface area contributed by atoms with Crippen LogP contribution in [0.1, 0.15) is 5.56 Å². The molecule has 3 aromatic carbocycles. The van der Waals surface area contributed by atoms with Gasteiger partial charge in [0.15, 0.2) is 0 Å². The SMILES string of the molecule is Oc1ccc(N=Nc2cccc(Cl)c2)cc1C=Nc1ccc(N2CCOCC2)cc1. The van der Waals surface area contributed by atoms with Crippen molar-refractivity contribution < 1.29 is 9.84 Å². The van der Waals surface area contributed by atoms with Crippen LogP contribution >= 0.6 is 11.6 Å². The zero-order valence-corrected chi connectivity index (χ0v) is 17.0. The van der Waals surface area contributed by atoms with Gasteiger partial charge >= 0.3 is 0 Å². The summed E-state index contributed by atoms with van der Waals surface area (Å²) in [4.78, 5) is 6.77. The molecular weight excluding hydrogens is 400 g/mol. The minimum Gasteiger partial charge on any atom is -0.507 e. The fourth-order valence-electron chi connectivity index (χ4n) is 3.08. The smallest absolute Gasteiger partial charge is 0.124 e. The molecule has 1 aliphatic heterocycles. The molecule has 0 atom stereocenters. The van der Waals surface area contributed by atoms with Gasteiger partial charge in [-0.25, -0.2) is 0 Å². The Bertz CT molecular complexity index is 1060. The number of phenolic OH excluding ortho intramolecular Hbond substituents is 1. The van der Waals surface area contributed by atoms with Gasteiger partial charge in [0.25, 0.3) is 0 Å². The van der Waals surface area contributed by atoms with Crippen LogP contribution in [0.15, 0.2) is 82.0 Å². The van der Waals surface area contributed by atoms with Gasteiger partial charge in [0, 0.05) is 35.6 Å². The fourth-order valence-corrected chi connectivity index (χ4v) is 3.26. The third kappa shape index (κ3) is 5.23. The van der Waals surface area contributed by atoms with E-state index >= 15 is 0 Å². The van der Waals surface area contributed by atoms with Crippen LogP contribution in [0.2, 0.25) is 5.02 Å². The summed E-state index contributed by atoms with van der Waals surface area (Å²) in [7, 11) is 0. The number of halogens is 1. The highest BCUT2D eigenvalue weighted by Gasteiger charge is 2.10. The first-order chi connectivity index (χ1) is 14.7. The molecule has 0 aromatic heterocycles.